The van der Waals surface area contributed by atoms with Gasteiger partial charge in [0.1, 0.15) is 12.1 Å². The SMILES string of the molecule is Cc1ccccc1CNC(=O)[C@@H]1CCCN1C(=O)[C@@H](NC(=O)[C@H](C)N)C(C)C. The number of carbonyl (C=O) groups excluding carboxylic acids is 3. The predicted molar refractivity (Wildman–Crippen MR) is 108 cm³/mol. The molecule has 4 N–H and O–H groups in total. The summed E-state index contributed by atoms with van der Waals surface area (Å²) in [6.45, 7) is 8.26. The van der Waals surface area contributed by atoms with E-state index in [1.807, 2.05) is 45.0 Å². The summed E-state index contributed by atoms with van der Waals surface area (Å²) in [5, 5.41) is 5.68. The van der Waals surface area contributed by atoms with E-state index >= 15 is 0 Å². The van der Waals surface area contributed by atoms with Crippen LogP contribution in [0.4, 0.5) is 0 Å². The minimum atomic E-state index is -0.694. The van der Waals surface area contributed by atoms with E-state index in [9.17, 15) is 14.4 Å². The third kappa shape index (κ3) is 5.32. The van der Waals surface area contributed by atoms with Gasteiger partial charge in [0.15, 0.2) is 0 Å². The van der Waals surface area contributed by atoms with Gasteiger partial charge in [0.2, 0.25) is 17.7 Å². The lowest BCUT2D eigenvalue weighted by Crippen LogP contribution is -2.56. The maximum absolute atomic E-state index is 13.1. The highest BCUT2D eigenvalue weighted by atomic mass is 16.2. The van der Waals surface area contributed by atoms with E-state index in [1.165, 1.54) is 0 Å². The van der Waals surface area contributed by atoms with Gasteiger partial charge in [0.25, 0.3) is 0 Å². The zero-order valence-corrected chi connectivity index (χ0v) is 17.2. The van der Waals surface area contributed by atoms with Gasteiger partial charge >= 0.3 is 0 Å². The first-order valence-corrected chi connectivity index (χ1v) is 9.91. The summed E-state index contributed by atoms with van der Waals surface area (Å²) in [7, 11) is 0. The molecule has 7 nitrogen and oxygen atoms in total. The standard InChI is InChI=1S/C21H32N4O3/c1-13(2)18(24-19(26)15(4)22)21(28)25-11-7-10-17(25)20(27)23-12-16-9-6-5-8-14(16)3/h5-6,8-9,13,15,17-18H,7,10-12,22H2,1-4H3,(H,23,27)(H,24,26)/t15-,17-,18-/m0/s1. The van der Waals surface area contributed by atoms with Crippen LogP contribution < -0.4 is 16.4 Å². The lowest BCUT2D eigenvalue weighted by Gasteiger charge is -2.31. The fourth-order valence-corrected chi connectivity index (χ4v) is 3.39. The smallest absolute Gasteiger partial charge is 0.246 e. The topological polar surface area (TPSA) is 105 Å². The molecule has 3 atom stereocenters. The number of aryl methyl sites for hydroxylation is 1. The van der Waals surface area contributed by atoms with Crippen LogP contribution in [0.15, 0.2) is 24.3 Å². The van der Waals surface area contributed by atoms with Gasteiger partial charge in [-0.05, 0) is 43.7 Å². The van der Waals surface area contributed by atoms with Crippen molar-refractivity contribution in [2.45, 2.75) is 65.2 Å². The number of amides is 3. The van der Waals surface area contributed by atoms with E-state index in [4.69, 9.17) is 5.73 Å². The molecule has 1 aromatic rings. The van der Waals surface area contributed by atoms with Crippen LogP contribution in [-0.4, -0.2) is 47.3 Å². The molecule has 1 fully saturated rings. The molecule has 7 heteroatoms. The Labute approximate surface area is 167 Å². The first-order chi connectivity index (χ1) is 13.2. The highest BCUT2D eigenvalue weighted by molar-refractivity contribution is 5.93. The highest BCUT2D eigenvalue weighted by Gasteiger charge is 2.38. The summed E-state index contributed by atoms with van der Waals surface area (Å²) >= 11 is 0. The van der Waals surface area contributed by atoms with Crippen LogP contribution in [0.1, 0.15) is 44.7 Å². The summed E-state index contributed by atoms with van der Waals surface area (Å²) in [5.41, 5.74) is 7.78. The third-order valence-electron chi connectivity index (χ3n) is 5.20. The van der Waals surface area contributed by atoms with E-state index in [2.05, 4.69) is 10.6 Å². The normalized spacial score (nSPS) is 18.6. The Bertz CT molecular complexity index is 717. The van der Waals surface area contributed by atoms with Crippen molar-refractivity contribution in [3.8, 4) is 0 Å². The summed E-state index contributed by atoms with van der Waals surface area (Å²) in [6, 6.07) is 5.98. The fourth-order valence-electron chi connectivity index (χ4n) is 3.39. The number of benzene rings is 1. The molecule has 0 spiro atoms. The maximum atomic E-state index is 13.1. The Balaban J connectivity index is 2.05. The van der Waals surface area contributed by atoms with Crippen molar-refractivity contribution in [1.82, 2.24) is 15.5 Å². The number of likely N-dealkylation sites (tertiary alicyclic amines) is 1. The van der Waals surface area contributed by atoms with E-state index in [0.717, 1.165) is 17.5 Å². The second-order valence-electron chi connectivity index (χ2n) is 7.85. The van der Waals surface area contributed by atoms with Gasteiger partial charge in [0, 0.05) is 13.1 Å². The molecule has 1 saturated heterocycles. The molecule has 0 saturated carbocycles. The number of nitrogens with one attached hydrogen (secondary N) is 2. The van der Waals surface area contributed by atoms with Crippen LogP contribution in [0.25, 0.3) is 0 Å². The molecule has 0 aromatic heterocycles. The zero-order valence-electron chi connectivity index (χ0n) is 17.2. The average Bonchev–Trinajstić information content (AvgIpc) is 3.14. The Hall–Kier alpha value is -2.41. The molecule has 0 unspecified atom stereocenters. The molecule has 1 aliphatic heterocycles. The minimum Gasteiger partial charge on any atom is -0.350 e. The van der Waals surface area contributed by atoms with Crippen molar-refractivity contribution in [3.63, 3.8) is 0 Å². The van der Waals surface area contributed by atoms with Crippen molar-refractivity contribution in [1.29, 1.82) is 0 Å². The van der Waals surface area contributed by atoms with Gasteiger partial charge in [-0.1, -0.05) is 38.1 Å². The average molecular weight is 389 g/mol. The van der Waals surface area contributed by atoms with Crippen LogP contribution in [0, 0.1) is 12.8 Å². The van der Waals surface area contributed by atoms with Gasteiger partial charge in [-0.3, -0.25) is 14.4 Å². The highest BCUT2D eigenvalue weighted by Crippen LogP contribution is 2.21. The Morgan fingerprint density at radius 1 is 1.21 bits per heavy atom. The van der Waals surface area contributed by atoms with Gasteiger partial charge < -0.3 is 21.3 Å². The minimum absolute atomic E-state index is 0.105. The molecule has 0 aliphatic carbocycles. The van der Waals surface area contributed by atoms with Crippen LogP contribution in [0.3, 0.4) is 0 Å². The van der Waals surface area contributed by atoms with Crippen LogP contribution in [-0.2, 0) is 20.9 Å². The molecule has 2 rings (SSSR count). The molecular weight excluding hydrogens is 356 g/mol. The molecule has 0 radical (unpaired) electrons. The van der Waals surface area contributed by atoms with E-state index < -0.39 is 18.1 Å². The van der Waals surface area contributed by atoms with Gasteiger partial charge in [-0.25, -0.2) is 0 Å². The number of rotatable bonds is 7. The molecule has 28 heavy (non-hydrogen) atoms. The summed E-state index contributed by atoms with van der Waals surface area (Å²) in [4.78, 5) is 39.4. The zero-order chi connectivity index (χ0) is 20.8. The van der Waals surface area contributed by atoms with Crippen molar-refractivity contribution < 1.29 is 14.4 Å². The largest absolute Gasteiger partial charge is 0.350 e. The first-order valence-electron chi connectivity index (χ1n) is 9.91. The number of nitrogens with zero attached hydrogens (tertiary/aromatic N) is 1. The number of nitrogens with two attached hydrogens (primary N) is 1. The van der Waals surface area contributed by atoms with Crippen molar-refractivity contribution in [2.75, 3.05) is 6.54 Å². The molecule has 3 amide bonds. The monoisotopic (exact) mass is 388 g/mol. The predicted octanol–water partition coefficient (Wildman–Crippen LogP) is 1.09. The Morgan fingerprint density at radius 2 is 1.89 bits per heavy atom. The number of hydrogen-bond acceptors (Lipinski definition) is 4. The molecular formula is C21H32N4O3. The second kappa shape index (κ2) is 9.68. The van der Waals surface area contributed by atoms with E-state index in [0.29, 0.717) is 19.5 Å². The van der Waals surface area contributed by atoms with E-state index in [1.54, 1.807) is 11.8 Å². The molecule has 0 bridgehead atoms. The third-order valence-corrected chi connectivity index (χ3v) is 5.20. The summed E-state index contributed by atoms with van der Waals surface area (Å²) in [6.07, 6.45) is 1.39. The lowest BCUT2D eigenvalue weighted by atomic mass is 10.0. The summed E-state index contributed by atoms with van der Waals surface area (Å²) in [5.74, 6) is -0.856. The van der Waals surface area contributed by atoms with Gasteiger partial charge in [-0.2, -0.15) is 0 Å². The Morgan fingerprint density at radius 3 is 2.50 bits per heavy atom. The second-order valence-corrected chi connectivity index (χ2v) is 7.85. The van der Waals surface area contributed by atoms with Crippen LogP contribution >= 0.6 is 0 Å². The van der Waals surface area contributed by atoms with Crippen LogP contribution in [0.5, 0.6) is 0 Å². The van der Waals surface area contributed by atoms with Crippen molar-refractivity contribution >= 4 is 17.7 Å². The Kier molecular flexibility index (Phi) is 7.57. The molecule has 1 heterocycles. The quantitative estimate of drug-likeness (QED) is 0.650. The maximum Gasteiger partial charge on any atom is 0.246 e. The summed E-state index contributed by atoms with van der Waals surface area (Å²) < 4.78 is 0. The lowest BCUT2D eigenvalue weighted by molar-refractivity contribution is -0.142. The fraction of sp³-hybridized carbons (Fsp3) is 0.571. The van der Waals surface area contributed by atoms with E-state index in [-0.39, 0.29) is 23.6 Å². The molecule has 154 valence electrons. The number of hydrogen-bond donors (Lipinski definition) is 3. The van der Waals surface area contributed by atoms with Gasteiger partial charge in [-0.15, -0.1) is 0 Å². The van der Waals surface area contributed by atoms with Crippen LogP contribution in [0.2, 0.25) is 0 Å². The molecule has 1 aromatic carbocycles. The van der Waals surface area contributed by atoms with Crippen molar-refractivity contribution in [2.24, 2.45) is 11.7 Å². The van der Waals surface area contributed by atoms with Gasteiger partial charge in [0.05, 0.1) is 6.04 Å². The van der Waals surface area contributed by atoms with Crippen molar-refractivity contribution in [3.05, 3.63) is 35.4 Å². The first kappa shape index (κ1) is 21.9. The number of carbonyl (C=O) groups is 3. The molecule has 1 aliphatic rings.